The van der Waals surface area contributed by atoms with Crippen molar-refractivity contribution >= 4 is 17.4 Å². The molecule has 5 heteroatoms. The van der Waals surface area contributed by atoms with Gasteiger partial charge in [0.05, 0.1) is 6.04 Å². The zero-order valence-electron chi connectivity index (χ0n) is 13.6. The molecular formula is C17H27N3OS. The van der Waals surface area contributed by atoms with E-state index in [9.17, 15) is 4.79 Å². The van der Waals surface area contributed by atoms with Gasteiger partial charge in [-0.3, -0.25) is 0 Å². The molecule has 0 radical (unpaired) electrons. The van der Waals surface area contributed by atoms with E-state index in [1.54, 1.807) is 11.3 Å². The highest BCUT2D eigenvalue weighted by atomic mass is 32.1. The van der Waals surface area contributed by atoms with E-state index in [1.165, 1.54) is 11.3 Å². The molecule has 2 fully saturated rings. The van der Waals surface area contributed by atoms with Gasteiger partial charge in [0.25, 0.3) is 0 Å². The molecule has 122 valence electrons. The Morgan fingerprint density at radius 2 is 2.32 bits per heavy atom. The van der Waals surface area contributed by atoms with Crippen LogP contribution in [0.4, 0.5) is 4.79 Å². The fourth-order valence-electron chi connectivity index (χ4n) is 3.93. The van der Waals surface area contributed by atoms with E-state index in [4.69, 9.17) is 0 Å². The SMILES string of the molecule is CC[C@H](NC(=O)N1CCC[C@H]2CN(C)CC[C@H]21)c1cccs1. The normalized spacial score (nSPS) is 27.3. The van der Waals surface area contributed by atoms with Gasteiger partial charge >= 0.3 is 6.03 Å². The van der Waals surface area contributed by atoms with Crippen LogP contribution >= 0.6 is 11.3 Å². The lowest BCUT2D eigenvalue weighted by molar-refractivity contribution is 0.0523. The predicted molar refractivity (Wildman–Crippen MR) is 91.2 cm³/mol. The molecule has 0 spiro atoms. The zero-order chi connectivity index (χ0) is 15.5. The van der Waals surface area contributed by atoms with Crippen LogP contribution in [-0.2, 0) is 0 Å². The average Bonchev–Trinajstić information content (AvgIpc) is 3.05. The summed E-state index contributed by atoms with van der Waals surface area (Å²) in [6, 6.07) is 4.90. The summed E-state index contributed by atoms with van der Waals surface area (Å²) in [4.78, 5) is 18.6. The molecule has 2 aliphatic rings. The highest BCUT2D eigenvalue weighted by Gasteiger charge is 2.37. The summed E-state index contributed by atoms with van der Waals surface area (Å²) in [5.41, 5.74) is 0. The zero-order valence-corrected chi connectivity index (χ0v) is 14.4. The number of amides is 2. The summed E-state index contributed by atoms with van der Waals surface area (Å²) in [6.07, 6.45) is 4.46. The van der Waals surface area contributed by atoms with Crippen molar-refractivity contribution in [2.24, 2.45) is 5.92 Å². The van der Waals surface area contributed by atoms with E-state index in [2.05, 4.69) is 46.6 Å². The van der Waals surface area contributed by atoms with Crippen molar-refractivity contribution in [2.45, 2.75) is 44.7 Å². The molecule has 0 aliphatic carbocycles. The Hall–Kier alpha value is -1.07. The summed E-state index contributed by atoms with van der Waals surface area (Å²) >= 11 is 1.73. The van der Waals surface area contributed by atoms with Gasteiger partial charge in [0.2, 0.25) is 0 Å². The van der Waals surface area contributed by atoms with Crippen LogP contribution in [0, 0.1) is 5.92 Å². The van der Waals surface area contributed by atoms with Crippen LogP contribution in [0.2, 0.25) is 0 Å². The third-order valence-corrected chi connectivity index (χ3v) is 6.11. The fourth-order valence-corrected chi connectivity index (χ4v) is 4.79. The van der Waals surface area contributed by atoms with Crippen molar-refractivity contribution in [3.05, 3.63) is 22.4 Å². The van der Waals surface area contributed by atoms with Crippen LogP contribution in [-0.4, -0.2) is 48.6 Å². The molecule has 0 aromatic carbocycles. The van der Waals surface area contributed by atoms with Crippen molar-refractivity contribution in [3.63, 3.8) is 0 Å². The number of carbonyl (C=O) groups is 1. The van der Waals surface area contributed by atoms with Crippen molar-refractivity contribution < 1.29 is 4.79 Å². The van der Waals surface area contributed by atoms with Crippen molar-refractivity contribution in [3.8, 4) is 0 Å². The largest absolute Gasteiger partial charge is 0.330 e. The molecule has 3 heterocycles. The second kappa shape index (κ2) is 7.01. The van der Waals surface area contributed by atoms with Gasteiger partial charge in [0.1, 0.15) is 0 Å². The first-order valence-corrected chi connectivity index (χ1v) is 9.36. The number of piperidine rings is 2. The summed E-state index contributed by atoms with van der Waals surface area (Å²) in [7, 11) is 2.19. The number of thiophene rings is 1. The number of carbonyl (C=O) groups excluding carboxylic acids is 1. The minimum Gasteiger partial charge on any atom is -0.330 e. The number of fused-ring (bicyclic) bond motifs is 1. The van der Waals surface area contributed by atoms with E-state index >= 15 is 0 Å². The Labute approximate surface area is 137 Å². The Balaban J connectivity index is 1.66. The molecule has 0 saturated carbocycles. The topological polar surface area (TPSA) is 35.6 Å². The van der Waals surface area contributed by atoms with E-state index in [1.807, 2.05) is 0 Å². The van der Waals surface area contributed by atoms with Gasteiger partial charge in [-0.1, -0.05) is 13.0 Å². The Kier molecular flexibility index (Phi) is 5.03. The molecule has 1 N–H and O–H groups in total. The molecule has 0 bridgehead atoms. The number of nitrogens with one attached hydrogen (secondary N) is 1. The molecular weight excluding hydrogens is 294 g/mol. The molecule has 0 unspecified atom stereocenters. The van der Waals surface area contributed by atoms with E-state index in [-0.39, 0.29) is 12.1 Å². The standard InChI is InChI=1S/C17H27N3OS/c1-3-14(16-7-5-11-22-16)18-17(21)20-9-4-6-13-12-19(2)10-8-15(13)20/h5,7,11,13-15H,3-4,6,8-10,12H2,1-2H3,(H,18,21)/t13-,14-,15+/m0/s1. The average molecular weight is 321 g/mol. The molecule has 2 saturated heterocycles. The minimum absolute atomic E-state index is 0.138. The fraction of sp³-hybridized carbons (Fsp3) is 0.706. The third kappa shape index (κ3) is 3.30. The van der Waals surface area contributed by atoms with Crippen molar-refractivity contribution in [2.75, 3.05) is 26.7 Å². The maximum Gasteiger partial charge on any atom is 0.318 e. The molecule has 3 rings (SSSR count). The predicted octanol–water partition coefficient (Wildman–Crippen LogP) is 3.32. The number of hydrogen-bond donors (Lipinski definition) is 1. The van der Waals surface area contributed by atoms with Gasteiger partial charge in [-0.2, -0.15) is 0 Å². The van der Waals surface area contributed by atoms with Gasteiger partial charge in [0.15, 0.2) is 0 Å². The first-order chi connectivity index (χ1) is 10.7. The first kappa shape index (κ1) is 15.8. The second-order valence-electron chi connectivity index (χ2n) is 6.64. The Morgan fingerprint density at radius 1 is 1.45 bits per heavy atom. The molecule has 1 aromatic heterocycles. The summed E-state index contributed by atoms with van der Waals surface area (Å²) in [5.74, 6) is 0.653. The van der Waals surface area contributed by atoms with Gasteiger partial charge < -0.3 is 15.1 Å². The molecule has 2 amide bonds. The molecule has 22 heavy (non-hydrogen) atoms. The highest BCUT2D eigenvalue weighted by Crippen LogP contribution is 2.31. The van der Waals surface area contributed by atoms with Crippen LogP contribution in [0.25, 0.3) is 0 Å². The van der Waals surface area contributed by atoms with Crippen molar-refractivity contribution in [1.29, 1.82) is 0 Å². The van der Waals surface area contributed by atoms with Crippen LogP contribution in [0.15, 0.2) is 17.5 Å². The Morgan fingerprint density at radius 3 is 3.05 bits per heavy atom. The van der Waals surface area contributed by atoms with Gasteiger partial charge in [0, 0.05) is 24.0 Å². The monoisotopic (exact) mass is 321 g/mol. The maximum absolute atomic E-state index is 12.8. The Bertz CT molecular complexity index is 490. The van der Waals surface area contributed by atoms with E-state index in [0.717, 1.165) is 38.9 Å². The van der Waals surface area contributed by atoms with Crippen LogP contribution in [0.3, 0.4) is 0 Å². The van der Waals surface area contributed by atoms with Crippen LogP contribution in [0.1, 0.15) is 43.5 Å². The summed E-state index contributed by atoms with van der Waals surface area (Å²) < 4.78 is 0. The summed E-state index contributed by atoms with van der Waals surface area (Å²) in [6.45, 7) is 5.29. The second-order valence-corrected chi connectivity index (χ2v) is 7.62. The molecule has 2 aliphatic heterocycles. The highest BCUT2D eigenvalue weighted by molar-refractivity contribution is 7.10. The number of rotatable bonds is 3. The van der Waals surface area contributed by atoms with Crippen LogP contribution in [0.5, 0.6) is 0 Å². The minimum atomic E-state index is 0.138. The van der Waals surface area contributed by atoms with E-state index < -0.39 is 0 Å². The molecule has 1 aromatic rings. The quantitative estimate of drug-likeness (QED) is 0.927. The van der Waals surface area contributed by atoms with Gasteiger partial charge in [-0.05, 0) is 56.6 Å². The molecule has 4 nitrogen and oxygen atoms in total. The lowest BCUT2D eigenvalue weighted by atomic mass is 9.84. The molecule has 3 atom stereocenters. The number of hydrogen-bond acceptors (Lipinski definition) is 3. The van der Waals surface area contributed by atoms with E-state index in [0.29, 0.717) is 12.0 Å². The summed E-state index contributed by atoms with van der Waals surface area (Å²) in [5, 5.41) is 5.35. The van der Waals surface area contributed by atoms with Crippen molar-refractivity contribution in [1.82, 2.24) is 15.1 Å². The number of likely N-dealkylation sites (tertiary alicyclic amines) is 2. The third-order valence-electron chi connectivity index (χ3n) is 5.12. The number of urea groups is 1. The lowest BCUT2D eigenvalue weighted by Gasteiger charge is -2.46. The van der Waals surface area contributed by atoms with Gasteiger partial charge in [-0.15, -0.1) is 11.3 Å². The maximum atomic E-state index is 12.8. The van der Waals surface area contributed by atoms with Gasteiger partial charge in [-0.25, -0.2) is 4.79 Å². The number of nitrogens with zero attached hydrogens (tertiary/aromatic N) is 2. The first-order valence-electron chi connectivity index (χ1n) is 8.48. The van der Waals surface area contributed by atoms with Crippen LogP contribution < -0.4 is 5.32 Å². The smallest absolute Gasteiger partial charge is 0.318 e. The lowest BCUT2D eigenvalue weighted by Crippen LogP contribution is -2.57.